The summed E-state index contributed by atoms with van der Waals surface area (Å²) in [6, 6.07) is 16.0. The minimum absolute atomic E-state index is 0.282. The van der Waals surface area contributed by atoms with Crippen LogP contribution >= 0.6 is 0 Å². The van der Waals surface area contributed by atoms with E-state index in [4.69, 9.17) is 10.5 Å². The first-order valence-corrected chi connectivity index (χ1v) is 12.1. The van der Waals surface area contributed by atoms with Gasteiger partial charge in [-0.3, -0.25) is 13.7 Å². The number of pyridine rings is 1. The maximum absolute atomic E-state index is 12.7. The third-order valence-corrected chi connectivity index (χ3v) is 6.18. The number of carbonyl (C=O) groups is 1. The van der Waals surface area contributed by atoms with Crippen LogP contribution in [-0.2, 0) is 17.8 Å². The van der Waals surface area contributed by atoms with Crippen molar-refractivity contribution in [2.45, 2.75) is 17.9 Å². The van der Waals surface area contributed by atoms with E-state index in [0.717, 1.165) is 16.7 Å². The van der Waals surface area contributed by atoms with Crippen LogP contribution in [0, 0.1) is 0 Å². The Hall–Kier alpha value is -3.98. The lowest BCUT2D eigenvalue weighted by atomic mass is 10.1. The van der Waals surface area contributed by atoms with Crippen LogP contribution in [0.3, 0.4) is 0 Å². The van der Waals surface area contributed by atoms with E-state index in [2.05, 4.69) is 15.4 Å². The highest BCUT2D eigenvalue weighted by atomic mass is 32.2. The fourth-order valence-electron chi connectivity index (χ4n) is 3.42. The number of nitrogens with one attached hydrogen (secondary N) is 1. The Morgan fingerprint density at radius 1 is 1.12 bits per heavy atom. The van der Waals surface area contributed by atoms with Crippen LogP contribution < -0.4 is 15.8 Å². The number of amides is 1. The average molecular weight is 476 g/mol. The largest absolute Gasteiger partial charge is 0.482 e. The fourth-order valence-corrected chi connectivity index (χ4v) is 3.99. The molecule has 0 fully saturated rings. The summed E-state index contributed by atoms with van der Waals surface area (Å²) in [6.45, 7) is 1.90. The lowest BCUT2D eigenvalue weighted by Crippen LogP contribution is -2.13. The second-order valence-electron chi connectivity index (χ2n) is 7.83. The Labute approximate surface area is 200 Å². The number of aromatic nitrogens is 3. The first-order chi connectivity index (χ1) is 16.3. The zero-order valence-electron chi connectivity index (χ0n) is 19.1. The summed E-state index contributed by atoms with van der Waals surface area (Å²) in [4.78, 5) is 17.6. The second-order valence-corrected chi connectivity index (χ2v) is 9.21. The minimum Gasteiger partial charge on any atom is -0.482 e. The molecule has 0 aliphatic rings. The SMILES string of the molecule is CC(Oc1cc(-c2cnn(C)c2)cnc1N)c1cccc(NC(=O)c2cccc([S@](C)=O)c2)c1. The molecule has 2 atom stereocenters. The third kappa shape index (κ3) is 5.32. The molecule has 2 heterocycles. The molecule has 0 bridgehead atoms. The van der Waals surface area contributed by atoms with Crippen LogP contribution in [0.2, 0.25) is 0 Å². The van der Waals surface area contributed by atoms with Crippen molar-refractivity contribution in [1.82, 2.24) is 14.8 Å². The van der Waals surface area contributed by atoms with Crippen molar-refractivity contribution in [3.8, 4) is 16.9 Å². The molecule has 8 nitrogen and oxygen atoms in total. The third-order valence-electron chi connectivity index (χ3n) is 5.27. The Bertz CT molecular complexity index is 1370. The van der Waals surface area contributed by atoms with Gasteiger partial charge in [-0.1, -0.05) is 18.2 Å². The summed E-state index contributed by atoms with van der Waals surface area (Å²) >= 11 is 0. The number of carbonyl (C=O) groups excluding carboxylic acids is 1. The summed E-state index contributed by atoms with van der Waals surface area (Å²) in [5.41, 5.74) is 9.73. The molecule has 174 valence electrons. The smallest absolute Gasteiger partial charge is 0.255 e. The van der Waals surface area contributed by atoms with E-state index in [1.807, 2.05) is 44.4 Å². The van der Waals surface area contributed by atoms with Crippen molar-refractivity contribution in [2.24, 2.45) is 7.05 Å². The van der Waals surface area contributed by atoms with Crippen LogP contribution in [0.4, 0.5) is 11.5 Å². The molecule has 2 aromatic carbocycles. The van der Waals surface area contributed by atoms with E-state index < -0.39 is 10.8 Å². The number of ether oxygens (including phenoxy) is 1. The lowest BCUT2D eigenvalue weighted by Gasteiger charge is -2.17. The highest BCUT2D eigenvalue weighted by Gasteiger charge is 2.14. The van der Waals surface area contributed by atoms with Gasteiger partial charge in [-0.2, -0.15) is 5.10 Å². The van der Waals surface area contributed by atoms with Gasteiger partial charge in [0.2, 0.25) is 0 Å². The molecule has 0 saturated heterocycles. The molecule has 0 aliphatic heterocycles. The summed E-state index contributed by atoms with van der Waals surface area (Å²) in [5, 5.41) is 7.08. The molecule has 0 saturated carbocycles. The van der Waals surface area contributed by atoms with E-state index in [1.165, 1.54) is 0 Å². The van der Waals surface area contributed by atoms with Gasteiger partial charge >= 0.3 is 0 Å². The number of hydrogen-bond acceptors (Lipinski definition) is 6. The lowest BCUT2D eigenvalue weighted by molar-refractivity contribution is 0.102. The maximum Gasteiger partial charge on any atom is 0.255 e. The van der Waals surface area contributed by atoms with Crippen molar-refractivity contribution in [3.05, 3.63) is 84.3 Å². The standard InChI is InChI=1S/C25H25N5O3S/c1-16(33-23-12-19(13-27-24(23)26)20-14-28-30(2)15-20)17-6-4-8-21(10-17)29-25(31)18-7-5-9-22(11-18)34(3)32/h4-16H,1-3H3,(H2,26,27)(H,29,31)/t16?,34-/m0/s1. The molecule has 2 aromatic heterocycles. The minimum atomic E-state index is -1.16. The molecule has 3 N–H and O–H groups in total. The quantitative estimate of drug-likeness (QED) is 0.414. The molecule has 0 aliphatic carbocycles. The first-order valence-electron chi connectivity index (χ1n) is 10.6. The molecule has 4 aromatic rings. The van der Waals surface area contributed by atoms with Crippen molar-refractivity contribution < 1.29 is 13.7 Å². The number of nitrogen functional groups attached to an aromatic ring is 1. The number of hydrogen-bond donors (Lipinski definition) is 2. The van der Waals surface area contributed by atoms with Gasteiger partial charge in [-0.25, -0.2) is 4.98 Å². The van der Waals surface area contributed by atoms with Crippen molar-refractivity contribution in [3.63, 3.8) is 0 Å². The van der Waals surface area contributed by atoms with E-state index in [0.29, 0.717) is 21.9 Å². The van der Waals surface area contributed by atoms with Crippen LogP contribution in [0.25, 0.3) is 11.1 Å². The molecule has 0 spiro atoms. The molecular weight excluding hydrogens is 450 g/mol. The van der Waals surface area contributed by atoms with Gasteiger partial charge in [-0.15, -0.1) is 0 Å². The van der Waals surface area contributed by atoms with Crippen LogP contribution in [0.1, 0.15) is 28.9 Å². The van der Waals surface area contributed by atoms with Crippen LogP contribution in [0.15, 0.2) is 78.1 Å². The summed E-state index contributed by atoms with van der Waals surface area (Å²) in [6.07, 6.45) is 6.55. The summed E-state index contributed by atoms with van der Waals surface area (Å²) < 4.78 is 19.6. The predicted octanol–water partition coefficient (Wildman–Crippen LogP) is 4.19. The highest BCUT2D eigenvalue weighted by Crippen LogP contribution is 2.31. The highest BCUT2D eigenvalue weighted by molar-refractivity contribution is 7.84. The number of anilines is 2. The molecule has 4 rings (SSSR count). The number of rotatable bonds is 7. The number of nitrogens with zero attached hydrogens (tertiary/aromatic N) is 3. The van der Waals surface area contributed by atoms with Crippen molar-refractivity contribution in [1.29, 1.82) is 0 Å². The van der Waals surface area contributed by atoms with Gasteiger partial charge in [0, 0.05) is 63.8 Å². The topological polar surface area (TPSA) is 112 Å². The Morgan fingerprint density at radius 3 is 2.65 bits per heavy atom. The molecule has 0 radical (unpaired) electrons. The number of benzene rings is 2. The van der Waals surface area contributed by atoms with Crippen LogP contribution in [0.5, 0.6) is 5.75 Å². The predicted molar refractivity (Wildman–Crippen MR) is 133 cm³/mol. The maximum atomic E-state index is 12.7. The van der Waals surface area contributed by atoms with Gasteiger partial charge in [0.15, 0.2) is 11.6 Å². The molecular formula is C25H25N5O3S. The van der Waals surface area contributed by atoms with E-state index in [1.54, 1.807) is 53.7 Å². The first kappa shape index (κ1) is 23.2. The monoisotopic (exact) mass is 475 g/mol. The van der Waals surface area contributed by atoms with Crippen molar-refractivity contribution in [2.75, 3.05) is 17.3 Å². The zero-order chi connectivity index (χ0) is 24.2. The van der Waals surface area contributed by atoms with E-state index >= 15 is 0 Å². The molecule has 1 unspecified atom stereocenters. The van der Waals surface area contributed by atoms with Gasteiger partial charge in [0.1, 0.15) is 6.10 Å². The molecule has 34 heavy (non-hydrogen) atoms. The average Bonchev–Trinajstić information content (AvgIpc) is 3.27. The van der Waals surface area contributed by atoms with Crippen molar-refractivity contribution >= 4 is 28.2 Å². The summed E-state index contributed by atoms with van der Waals surface area (Å²) in [7, 11) is 0.685. The van der Waals surface area contributed by atoms with Gasteiger partial charge < -0.3 is 15.8 Å². The number of nitrogens with two attached hydrogens (primary N) is 1. The molecule has 9 heteroatoms. The van der Waals surface area contributed by atoms with E-state index in [-0.39, 0.29) is 17.8 Å². The second kappa shape index (κ2) is 9.88. The normalized spacial score (nSPS) is 12.7. The Balaban J connectivity index is 1.50. The van der Waals surface area contributed by atoms with Gasteiger partial charge in [-0.05, 0) is 48.9 Å². The van der Waals surface area contributed by atoms with Gasteiger partial charge in [0.25, 0.3) is 5.91 Å². The van der Waals surface area contributed by atoms with Crippen LogP contribution in [-0.4, -0.2) is 31.1 Å². The Morgan fingerprint density at radius 2 is 1.91 bits per heavy atom. The number of aryl methyl sites for hydroxylation is 1. The fraction of sp³-hybridized carbons (Fsp3) is 0.160. The summed E-state index contributed by atoms with van der Waals surface area (Å²) in [5.74, 6) is 0.473. The van der Waals surface area contributed by atoms with E-state index in [9.17, 15) is 9.00 Å². The molecule has 1 amide bonds. The van der Waals surface area contributed by atoms with Gasteiger partial charge in [0.05, 0.1) is 6.20 Å². The zero-order valence-corrected chi connectivity index (χ0v) is 19.9. The Kier molecular flexibility index (Phi) is 6.74.